The van der Waals surface area contributed by atoms with E-state index < -0.39 is 11.8 Å². The van der Waals surface area contributed by atoms with Gasteiger partial charge in [-0.2, -0.15) is 0 Å². The Kier molecular flexibility index (Phi) is 5.02. The second-order valence-electron chi connectivity index (χ2n) is 7.65. The van der Waals surface area contributed by atoms with Gasteiger partial charge in [-0.3, -0.25) is 9.59 Å². The second-order valence-corrected chi connectivity index (χ2v) is 8.59. The Morgan fingerprint density at radius 3 is 2.54 bits per heavy atom. The van der Waals surface area contributed by atoms with Crippen LogP contribution >= 0.6 is 11.3 Å². The van der Waals surface area contributed by atoms with Gasteiger partial charge in [0.2, 0.25) is 5.91 Å². The first-order valence-electron chi connectivity index (χ1n) is 9.63. The second kappa shape index (κ2) is 7.47. The number of ether oxygens (including phenoxy) is 2. The van der Waals surface area contributed by atoms with E-state index in [1.54, 1.807) is 18.2 Å². The monoisotopic (exact) mass is 400 g/mol. The zero-order valence-corrected chi connectivity index (χ0v) is 16.8. The Balaban J connectivity index is 1.44. The minimum absolute atomic E-state index is 0.0559. The Morgan fingerprint density at radius 2 is 1.86 bits per heavy atom. The average Bonchev–Trinajstić information content (AvgIpc) is 3.40. The van der Waals surface area contributed by atoms with Crippen molar-refractivity contribution in [1.29, 1.82) is 0 Å². The fraction of sp³-hybridized carbons (Fsp3) is 0.429. The van der Waals surface area contributed by atoms with Gasteiger partial charge in [0.05, 0.1) is 4.88 Å². The average molecular weight is 401 g/mol. The van der Waals surface area contributed by atoms with Gasteiger partial charge in [0.1, 0.15) is 6.04 Å². The Morgan fingerprint density at radius 1 is 1.11 bits per heavy atom. The molecule has 0 radical (unpaired) electrons. The van der Waals surface area contributed by atoms with Gasteiger partial charge in [-0.05, 0) is 42.3 Å². The topological polar surface area (TPSA) is 76.7 Å². The zero-order valence-electron chi connectivity index (χ0n) is 16.0. The maximum atomic E-state index is 12.8. The Labute approximate surface area is 168 Å². The van der Waals surface area contributed by atoms with Crippen LogP contribution in [0.25, 0.3) is 0 Å². The molecule has 7 heteroatoms. The molecule has 148 valence electrons. The molecule has 1 aliphatic carbocycles. The summed E-state index contributed by atoms with van der Waals surface area (Å²) >= 11 is 1.35. The summed E-state index contributed by atoms with van der Waals surface area (Å²) in [6.45, 7) is 3.81. The summed E-state index contributed by atoms with van der Waals surface area (Å²) in [6.07, 6.45) is 3.95. The predicted molar refractivity (Wildman–Crippen MR) is 108 cm³/mol. The third-order valence-electron chi connectivity index (χ3n) is 5.15. The van der Waals surface area contributed by atoms with E-state index in [4.69, 9.17) is 9.47 Å². The molecule has 1 unspecified atom stereocenters. The molecule has 2 N–H and O–H groups in total. The van der Waals surface area contributed by atoms with Crippen LogP contribution in [-0.2, 0) is 4.79 Å². The molecule has 0 saturated heterocycles. The van der Waals surface area contributed by atoms with Gasteiger partial charge in [0, 0.05) is 24.6 Å². The Hall–Kier alpha value is -2.54. The van der Waals surface area contributed by atoms with Crippen LogP contribution in [0, 0.1) is 5.92 Å². The van der Waals surface area contributed by atoms with E-state index in [2.05, 4.69) is 10.6 Å². The number of carbonyl (C=O) groups is 2. The van der Waals surface area contributed by atoms with Crippen molar-refractivity contribution in [2.24, 2.45) is 5.92 Å². The van der Waals surface area contributed by atoms with Crippen LogP contribution in [0.5, 0.6) is 11.5 Å². The summed E-state index contributed by atoms with van der Waals surface area (Å²) in [6, 6.07) is 8.33. The van der Waals surface area contributed by atoms with Crippen LogP contribution in [0.4, 0.5) is 5.69 Å². The molecule has 1 fully saturated rings. The van der Waals surface area contributed by atoms with Crippen molar-refractivity contribution in [3.63, 3.8) is 0 Å². The molecular weight excluding hydrogens is 376 g/mol. The van der Waals surface area contributed by atoms with E-state index >= 15 is 0 Å². The first kappa shape index (κ1) is 18.8. The summed E-state index contributed by atoms with van der Waals surface area (Å²) in [5.74, 6) is 0.293. The van der Waals surface area contributed by atoms with Crippen molar-refractivity contribution >= 4 is 28.8 Å². The quantitative estimate of drug-likeness (QED) is 0.789. The first-order chi connectivity index (χ1) is 13.5. The molecule has 1 atom stereocenters. The molecule has 28 heavy (non-hydrogen) atoms. The SMILES string of the molecule is CC(C)C(NC(=O)c1cccs1)C(=O)Nc1ccc2c(c1)OC1(CCCC1)O2. The van der Waals surface area contributed by atoms with Crippen molar-refractivity contribution in [2.75, 3.05) is 5.32 Å². The van der Waals surface area contributed by atoms with Crippen LogP contribution in [0.3, 0.4) is 0 Å². The lowest BCUT2D eigenvalue weighted by Gasteiger charge is -2.21. The number of thiophene rings is 1. The lowest BCUT2D eigenvalue weighted by Crippen LogP contribution is -2.46. The number of fused-ring (bicyclic) bond motifs is 1. The predicted octanol–water partition coefficient (Wildman–Crippen LogP) is 4.18. The van der Waals surface area contributed by atoms with Gasteiger partial charge >= 0.3 is 0 Å². The fourth-order valence-electron chi connectivity index (χ4n) is 3.66. The molecule has 4 rings (SSSR count). The summed E-state index contributed by atoms with van der Waals surface area (Å²) in [5.41, 5.74) is 0.624. The van der Waals surface area contributed by atoms with Gasteiger partial charge in [-0.15, -0.1) is 11.3 Å². The van der Waals surface area contributed by atoms with Gasteiger partial charge in [-0.1, -0.05) is 19.9 Å². The van der Waals surface area contributed by atoms with E-state index in [0.29, 0.717) is 22.1 Å². The Bertz CT molecular complexity index is 873. The van der Waals surface area contributed by atoms with Gasteiger partial charge in [0.25, 0.3) is 11.7 Å². The van der Waals surface area contributed by atoms with E-state index in [1.165, 1.54) is 11.3 Å². The summed E-state index contributed by atoms with van der Waals surface area (Å²) in [4.78, 5) is 25.8. The number of rotatable bonds is 5. The van der Waals surface area contributed by atoms with Crippen molar-refractivity contribution in [3.8, 4) is 11.5 Å². The minimum atomic E-state index is -0.638. The number of hydrogen-bond acceptors (Lipinski definition) is 5. The van der Waals surface area contributed by atoms with Gasteiger partial charge < -0.3 is 20.1 Å². The number of hydrogen-bond donors (Lipinski definition) is 2. The molecule has 2 aliphatic rings. The zero-order chi connectivity index (χ0) is 19.7. The molecule has 1 aliphatic heterocycles. The summed E-state index contributed by atoms with van der Waals surface area (Å²) in [7, 11) is 0. The standard InChI is InChI=1S/C21H24N2O4S/c1-13(2)18(23-19(24)17-6-5-11-28-17)20(25)22-14-7-8-15-16(12-14)27-21(26-15)9-3-4-10-21/h5-8,11-13,18H,3-4,9-10H2,1-2H3,(H,22,25)(H,23,24). The molecule has 0 bridgehead atoms. The highest BCUT2D eigenvalue weighted by Crippen LogP contribution is 2.47. The maximum Gasteiger partial charge on any atom is 0.262 e. The molecule has 6 nitrogen and oxygen atoms in total. The van der Waals surface area contributed by atoms with Crippen LogP contribution in [0.1, 0.15) is 49.2 Å². The number of amides is 2. The molecule has 1 aromatic heterocycles. The highest BCUT2D eigenvalue weighted by atomic mass is 32.1. The van der Waals surface area contributed by atoms with Crippen molar-refractivity contribution in [2.45, 2.75) is 51.4 Å². The number of nitrogens with one attached hydrogen (secondary N) is 2. The van der Waals surface area contributed by atoms with Crippen molar-refractivity contribution in [1.82, 2.24) is 5.32 Å². The molecule has 2 aromatic rings. The highest BCUT2D eigenvalue weighted by molar-refractivity contribution is 7.12. The summed E-state index contributed by atoms with van der Waals surface area (Å²) in [5, 5.41) is 7.57. The van der Waals surface area contributed by atoms with E-state index in [-0.39, 0.29) is 17.7 Å². The third-order valence-corrected chi connectivity index (χ3v) is 6.02. The van der Waals surface area contributed by atoms with Gasteiger partial charge in [-0.25, -0.2) is 0 Å². The minimum Gasteiger partial charge on any atom is -0.448 e. The van der Waals surface area contributed by atoms with Crippen LogP contribution in [0.15, 0.2) is 35.7 Å². The number of benzene rings is 1. The third kappa shape index (κ3) is 3.71. The maximum absolute atomic E-state index is 12.8. The molecule has 2 amide bonds. The normalized spacial score (nSPS) is 17.7. The van der Waals surface area contributed by atoms with E-state index in [9.17, 15) is 9.59 Å². The molecule has 1 saturated carbocycles. The fourth-order valence-corrected chi connectivity index (χ4v) is 4.29. The smallest absolute Gasteiger partial charge is 0.262 e. The van der Waals surface area contributed by atoms with Gasteiger partial charge in [0.15, 0.2) is 11.5 Å². The molecular formula is C21H24N2O4S. The van der Waals surface area contributed by atoms with Crippen LogP contribution < -0.4 is 20.1 Å². The van der Waals surface area contributed by atoms with Crippen LogP contribution in [0.2, 0.25) is 0 Å². The molecule has 1 aromatic carbocycles. The van der Waals surface area contributed by atoms with Crippen LogP contribution in [-0.4, -0.2) is 23.6 Å². The lowest BCUT2D eigenvalue weighted by molar-refractivity contribution is -0.118. The highest BCUT2D eigenvalue weighted by Gasteiger charge is 2.44. The van der Waals surface area contributed by atoms with Crippen molar-refractivity contribution in [3.05, 3.63) is 40.6 Å². The number of anilines is 1. The molecule has 1 spiro atoms. The van der Waals surface area contributed by atoms with E-state index in [0.717, 1.165) is 25.7 Å². The molecule has 2 heterocycles. The largest absolute Gasteiger partial charge is 0.448 e. The lowest BCUT2D eigenvalue weighted by atomic mass is 10.0. The first-order valence-corrected chi connectivity index (χ1v) is 10.5. The summed E-state index contributed by atoms with van der Waals surface area (Å²) < 4.78 is 12.1. The number of carbonyl (C=O) groups excluding carboxylic acids is 2. The van der Waals surface area contributed by atoms with Crippen molar-refractivity contribution < 1.29 is 19.1 Å². The van der Waals surface area contributed by atoms with E-state index in [1.807, 2.05) is 31.4 Å².